The molecule has 2 aromatic carbocycles. The number of amides is 1. The average Bonchev–Trinajstić information content (AvgIpc) is 2.70. The predicted octanol–water partition coefficient (Wildman–Crippen LogP) is 3.93. The van der Waals surface area contributed by atoms with E-state index in [1.807, 2.05) is 6.92 Å². The normalized spacial score (nSPS) is 11.7. The molecule has 1 N–H and O–H groups in total. The van der Waals surface area contributed by atoms with E-state index in [1.54, 1.807) is 54.2 Å². The van der Waals surface area contributed by atoms with Crippen molar-refractivity contribution in [3.05, 3.63) is 54.6 Å². The van der Waals surface area contributed by atoms with Crippen LogP contribution in [0.3, 0.4) is 0 Å². The van der Waals surface area contributed by atoms with Crippen molar-refractivity contribution >= 4 is 33.4 Å². The molecule has 1 amide bonds. The molecule has 0 radical (unpaired) electrons. The minimum atomic E-state index is -3.96. The molecule has 0 aliphatic carbocycles. The molecule has 2 aromatic rings. The van der Waals surface area contributed by atoms with Crippen LogP contribution < -0.4 is 14.4 Å². The van der Waals surface area contributed by atoms with Gasteiger partial charge in [-0.2, -0.15) is 11.8 Å². The highest BCUT2D eigenvalue weighted by atomic mass is 32.2. The molecule has 0 heterocycles. The lowest BCUT2D eigenvalue weighted by molar-refractivity contribution is -0.119. The lowest BCUT2D eigenvalue weighted by atomic mass is 10.3. The third-order valence-corrected chi connectivity index (χ3v) is 7.06. The number of thioether (sulfide) groups is 1. The summed E-state index contributed by atoms with van der Waals surface area (Å²) in [6.07, 6.45) is 0. The van der Waals surface area contributed by atoms with Crippen LogP contribution in [0.2, 0.25) is 0 Å². The molecule has 0 saturated heterocycles. The SMILES string of the molecule is CCOc1ccccc1N(CC(=O)NCCSC(C)(C)C)S(=O)(=O)c1ccccc1. The van der Waals surface area contributed by atoms with Gasteiger partial charge < -0.3 is 10.1 Å². The minimum absolute atomic E-state index is 0.101. The fourth-order valence-corrected chi connectivity index (χ4v) is 4.96. The van der Waals surface area contributed by atoms with Gasteiger partial charge in [-0.3, -0.25) is 9.10 Å². The Kier molecular flexibility index (Phi) is 8.61. The minimum Gasteiger partial charge on any atom is -0.492 e. The van der Waals surface area contributed by atoms with E-state index in [1.165, 1.54) is 12.1 Å². The van der Waals surface area contributed by atoms with Crippen LogP contribution >= 0.6 is 11.8 Å². The van der Waals surface area contributed by atoms with Crippen molar-refractivity contribution in [3.63, 3.8) is 0 Å². The number of hydrogen-bond acceptors (Lipinski definition) is 5. The van der Waals surface area contributed by atoms with Crippen molar-refractivity contribution in [2.24, 2.45) is 0 Å². The number of carbonyl (C=O) groups excluding carboxylic acids is 1. The van der Waals surface area contributed by atoms with Gasteiger partial charge in [-0.25, -0.2) is 8.42 Å². The van der Waals surface area contributed by atoms with Crippen LogP contribution in [-0.2, 0) is 14.8 Å². The van der Waals surface area contributed by atoms with Gasteiger partial charge in [0.2, 0.25) is 5.91 Å². The fraction of sp³-hybridized carbons (Fsp3) is 0.409. The number of benzene rings is 2. The first-order chi connectivity index (χ1) is 14.1. The number of sulfonamides is 1. The Balaban J connectivity index is 2.28. The monoisotopic (exact) mass is 450 g/mol. The zero-order valence-electron chi connectivity index (χ0n) is 17.9. The molecule has 0 aliphatic heterocycles. The molecule has 0 saturated carbocycles. The highest BCUT2D eigenvalue weighted by Gasteiger charge is 2.29. The topological polar surface area (TPSA) is 75.7 Å². The van der Waals surface area contributed by atoms with Crippen LogP contribution in [0, 0.1) is 0 Å². The Morgan fingerprint density at radius 2 is 1.70 bits per heavy atom. The molecule has 6 nitrogen and oxygen atoms in total. The molecule has 30 heavy (non-hydrogen) atoms. The van der Waals surface area contributed by atoms with E-state index in [0.717, 1.165) is 10.1 Å². The Labute approximate surface area is 184 Å². The van der Waals surface area contributed by atoms with Crippen molar-refractivity contribution < 1.29 is 17.9 Å². The molecule has 8 heteroatoms. The molecule has 0 unspecified atom stereocenters. The summed E-state index contributed by atoms with van der Waals surface area (Å²) in [5, 5.41) is 2.82. The van der Waals surface area contributed by atoms with Crippen molar-refractivity contribution in [2.75, 3.05) is 29.8 Å². The van der Waals surface area contributed by atoms with E-state index in [-0.39, 0.29) is 22.1 Å². The number of rotatable bonds is 10. The van der Waals surface area contributed by atoms with E-state index in [0.29, 0.717) is 24.6 Å². The fourth-order valence-electron chi connectivity index (χ4n) is 2.69. The van der Waals surface area contributed by atoms with Gasteiger partial charge in [0, 0.05) is 17.0 Å². The summed E-state index contributed by atoms with van der Waals surface area (Å²) in [4.78, 5) is 12.7. The van der Waals surface area contributed by atoms with Gasteiger partial charge in [-0.1, -0.05) is 51.1 Å². The third kappa shape index (κ3) is 6.95. The van der Waals surface area contributed by atoms with Crippen LogP contribution in [0.5, 0.6) is 5.75 Å². The second kappa shape index (κ2) is 10.7. The lowest BCUT2D eigenvalue weighted by Gasteiger charge is -2.26. The van der Waals surface area contributed by atoms with Crippen LogP contribution in [-0.4, -0.2) is 44.5 Å². The Hall–Kier alpha value is -2.19. The highest BCUT2D eigenvalue weighted by Crippen LogP contribution is 2.32. The summed E-state index contributed by atoms with van der Waals surface area (Å²) in [6.45, 7) is 8.67. The number of nitrogens with one attached hydrogen (secondary N) is 1. The van der Waals surface area contributed by atoms with Gasteiger partial charge in [-0.15, -0.1) is 0 Å². The molecule has 2 rings (SSSR count). The number of hydrogen-bond donors (Lipinski definition) is 1. The maximum Gasteiger partial charge on any atom is 0.264 e. The molecule has 0 fully saturated rings. The maximum atomic E-state index is 13.4. The van der Waals surface area contributed by atoms with Gasteiger partial charge in [0.05, 0.1) is 17.2 Å². The molecular weight excluding hydrogens is 420 g/mol. The van der Waals surface area contributed by atoms with Gasteiger partial charge in [0.1, 0.15) is 12.3 Å². The summed E-state index contributed by atoms with van der Waals surface area (Å²) in [7, 11) is -3.96. The lowest BCUT2D eigenvalue weighted by Crippen LogP contribution is -2.41. The van der Waals surface area contributed by atoms with Crippen LogP contribution in [0.4, 0.5) is 5.69 Å². The molecule has 0 aliphatic rings. The Morgan fingerprint density at radius 3 is 2.33 bits per heavy atom. The second-order valence-corrected chi connectivity index (χ2v) is 11.3. The predicted molar refractivity (Wildman–Crippen MR) is 124 cm³/mol. The van der Waals surface area contributed by atoms with Crippen molar-refractivity contribution in [1.82, 2.24) is 5.32 Å². The van der Waals surface area contributed by atoms with Crippen LogP contribution in [0.25, 0.3) is 0 Å². The third-order valence-electron chi connectivity index (χ3n) is 4.01. The summed E-state index contributed by atoms with van der Waals surface area (Å²) < 4.78 is 33.6. The Bertz CT molecular complexity index is 926. The first-order valence-electron chi connectivity index (χ1n) is 9.85. The Morgan fingerprint density at radius 1 is 1.07 bits per heavy atom. The van der Waals surface area contributed by atoms with Gasteiger partial charge in [0.15, 0.2) is 0 Å². The smallest absolute Gasteiger partial charge is 0.264 e. The number of nitrogens with zero attached hydrogens (tertiary/aromatic N) is 1. The molecule has 0 atom stereocenters. The number of ether oxygens (including phenoxy) is 1. The molecule has 0 spiro atoms. The van der Waals surface area contributed by atoms with Crippen LogP contribution in [0.1, 0.15) is 27.7 Å². The van der Waals surface area contributed by atoms with E-state index in [9.17, 15) is 13.2 Å². The van der Waals surface area contributed by atoms with E-state index >= 15 is 0 Å². The quantitative estimate of drug-likeness (QED) is 0.555. The summed E-state index contributed by atoms with van der Waals surface area (Å²) in [6, 6.07) is 14.9. The van der Waals surface area contributed by atoms with Gasteiger partial charge in [0.25, 0.3) is 10.0 Å². The number of para-hydroxylation sites is 2. The van der Waals surface area contributed by atoms with E-state index < -0.39 is 10.0 Å². The number of carbonyl (C=O) groups is 1. The largest absolute Gasteiger partial charge is 0.492 e. The van der Waals surface area contributed by atoms with E-state index in [4.69, 9.17) is 4.74 Å². The van der Waals surface area contributed by atoms with Gasteiger partial charge in [-0.05, 0) is 31.2 Å². The zero-order chi connectivity index (χ0) is 22.2. The van der Waals surface area contributed by atoms with Gasteiger partial charge >= 0.3 is 0 Å². The zero-order valence-corrected chi connectivity index (χ0v) is 19.6. The number of anilines is 1. The summed E-state index contributed by atoms with van der Waals surface area (Å²) in [5.74, 6) is 0.793. The summed E-state index contributed by atoms with van der Waals surface area (Å²) in [5.41, 5.74) is 0.336. The van der Waals surface area contributed by atoms with E-state index in [2.05, 4.69) is 26.1 Å². The van der Waals surface area contributed by atoms with Crippen molar-refractivity contribution in [2.45, 2.75) is 37.3 Å². The molecule has 0 bridgehead atoms. The standard InChI is InChI=1S/C22H30N2O4S2/c1-5-28-20-14-10-9-13-19(20)24(30(26,27)18-11-7-6-8-12-18)17-21(25)23-15-16-29-22(2,3)4/h6-14H,5,15-17H2,1-4H3,(H,23,25). The van der Waals surface area contributed by atoms with Crippen molar-refractivity contribution in [1.29, 1.82) is 0 Å². The first kappa shape index (κ1) is 24.1. The average molecular weight is 451 g/mol. The molecular formula is C22H30N2O4S2. The maximum absolute atomic E-state index is 13.4. The highest BCUT2D eigenvalue weighted by molar-refractivity contribution is 8.00. The van der Waals surface area contributed by atoms with Crippen LogP contribution in [0.15, 0.2) is 59.5 Å². The molecule has 0 aromatic heterocycles. The first-order valence-corrected chi connectivity index (χ1v) is 12.3. The summed E-state index contributed by atoms with van der Waals surface area (Å²) >= 11 is 1.74. The molecule has 164 valence electrons. The second-order valence-electron chi connectivity index (χ2n) is 7.54. The van der Waals surface area contributed by atoms with Crippen molar-refractivity contribution in [3.8, 4) is 5.75 Å².